The van der Waals surface area contributed by atoms with Gasteiger partial charge in [0.05, 0.1) is 16.9 Å². The minimum atomic E-state index is -0.261. The van der Waals surface area contributed by atoms with Crippen molar-refractivity contribution in [2.24, 2.45) is 0 Å². The summed E-state index contributed by atoms with van der Waals surface area (Å²) >= 11 is 7.42. The topological polar surface area (TPSA) is 59.8 Å². The molecule has 7 heteroatoms. The van der Waals surface area contributed by atoms with E-state index in [1.807, 2.05) is 19.1 Å². The van der Waals surface area contributed by atoms with Crippen LogP contribution in [0.1, 0.15) is 15.5 Å². The van der Waals surface area contributed by atoms with E-state index in [4.69, 9.17) is 11.6 Å². The van der Waals surface area contributed by atoms with Crippen molar-refractivity contribution in [1.29, 1.82) is 0 Å². The predicted molar refractivity (Wildman–Crippen MR) is 83.4 cm³/mol. The predicted octanol–water partition coefficient (Wildman–Crippen LogP) is 3.54. The number of carbonyl (C=O) groups is 1. The Balaban J connectivity index is 1.88. The van der Waals surface area contributed by atoms with Crippen molar-refractivity contribution in [3.05, 3.63) is 57.6 Å². The molecule has 1 N–H and O–H groups in total. The average molecular weight is 319 g/mol. The molecule has 0 fully saturated rings. The number of nitrogens with zero attached hydrogens (tertiary/aromatic N) is 3. The zero-order chi connectivity index (χ0) is 14.8. The number of aromatic nitrogens is 3. The van der Waals surface area contributed by atoms with E-state index in [1.165, 1.54) is 11.3 Å². The molecule has 3 rings (SSSR count). The molecule has 106 valence electrons. The lowest BCUT2D eigenvalue weighted by Gasteiger charge is -2.08. The van der Waals surface area contributed by atoms with E-state index in [-0.39, 0.29) is 5.91 Å². The Bertz CT molecular complexity index is 796. The standard InChI is InChI=1S/C14H11ClN4OS/c1-9-17-12(8-21-9)14(20)18-13-5-6-16-19(13)11-4-2-3-10(15)7-11/h2-8H,1H3,(H,18,20). The zero-order valence-corrected chi connectivity index (χ0v) is 12.6. The summed E-state index contributed by atoms with van der Waals surface area (Å²) in [4.78, 5) is 16.3. The molecule has 1 aromatic carbocycles. The number of hydrogen-bond donors (Lipinski definition) is 1. The van der Waals surface area contributed by atoms with Crippen LogP contribution in [-0.4, -0.2) is 20.7 Å². The number of amides is 1. The van der Waals surface area contributed by atoms with Crippen molar-refractivity contribution >= 4 is 34.7 Å². The molecule has 0 unspecified atom stereocenters. The van der Waals surface area contributed by atoms with Crippen molar-refractivity contribution in [3.8, 4) is 5.69 Å². The first kappa shape index (κ1) is 13.8. The summed E-state index contributed by atoms with van der Waals surface area (Å²) in [6.07, 6.45) is 1.61. The van der Waals surface area contributed by atoms with Crippen LogP contribution in [-0.2, 0) is 0 Å². The van der Waals surface area contributed by atoms with Gasteiger partial charge in [0, 0.05) is 16.5 Å². The first-order valence-corrected chi connectivity index (χ1v) is 7.43. The first-order chi connectivity index (χ1) is 10.1. The fraction of sp³-hybridized carbons (Fsp3) is 0.0714. The number of halogens is 1. The molecule has 0 bridgehead atoms. The van der Waals surface area contributed by atoms with Gasteiger partial charge in [0.1, 0.15) is 11.5 Å². The highest BCUT2D eigenvalue weighted by Crippen LogP contribution is 2.19. The van der Waals surface area contributed by atoms with Crippen LogP contribution < -0.4 is 5.32 Å². The smallest absolute Gasteiger partial charge is 0.276 e. The molecule has 2 heterocycles. The van der Waals surface area contributed by atoms with Crippen molar-refractivity contribution in [1.82, 2.24) is 14.8 Å². The van der Waals surface area contributed by atoms with Crippen molar-refractivity contribution in [2.45, 2.75) is 6.92 Å². The van der Waals surface area contributed by atoms with E-state index in [9.17, 15) is 4.79 Å². The summed E-state index contributed by atoms with van der Waals surface area (Å²) in [7, 11) is 0. The van der Waals surface area contributed by atoms with Gasteiger partial charge in [0.2, 0.25) is 0 Å². The minimum absolute atomic E-state index is 0.261. The van der Waals surface area contributed by atoms with Crippen molar-refractivity contribution < 1.29 is 4.79 Å². The third-order valence-electron chi connectivity index (χ3n) is 2.79. The SMILES string of the molecule is Cc1nc(C(=O)Nc2ccnn2-c2cccc(Cl)c2)cs1. The molecule has 3 aromatic rings. The van der Waals surface area contributed by atoms with Gasteiger partial charge >= 0.3 is 0 Å². The number of aryl methyl sites for hydroxylation is 1. The molecular formula is C14H11ClN4OS. The van der Waals surface area contributed by atoms with Gasteiger partial charge in [-0.2, -0.15) is 5.10 Å². The summed E-state index contributed by atoms with van der Waals surface area (Å²) in [5.74, 6) is 0.302. The normalized spacial score (nSPS) is 10.6. The number of benzene rings is 1. The largest absolute Gasteiger partial charge is 0.305 e. The highest BCUT2D eigenvalue weighted by Gasteiger charge is 2.13. The van der Waals surface area contributed by atoms with Crippen molar-refractivity contribution in [3.63, 3.8) is 0 Å². The Morgan fingerprint density at radius 1 is 1.38 bits per heavy atom. The molecule has 2 aromatic heterocycles. The monoisotopic (exact) mass is 318 g/mol. The van der Waals surface area contributed by atoms with Crippen LogP contribution in [0.2, 0.25) is 5.02 Å². The molecule has 5 nitrogen and oxygen atoms in total. The molecule has 0 aliphatic carbocycles. The molecule has 0 saturated carbocycles. The van der Waals surface area contributed by atoms with Gasteiger partial charge in [0.15, 0.2) is 0 Å². The Morgan fingerprint density at radius 3 is 2.95 bits per heavy atom. The Morgan fingerprint density at radius 2 is 2.24 bits per heavy atom. The van der Waals surface area contributed by atoms with Crippen LogP contribution in [0.15, 0.2) is 41.9 Å². The van der Waals surface area contributed by atoms with Gasteiger partial charge in [-0.25, -0.2) is 9.67 Å². The minimum Gasteiger partial charge on any atom is -0.305 e. The number of nitrogens with one attached hydrogen (secondary N) is 1. The maximum atomic E-state index is 12.1. The molecule has 0 spiro atoms. The fourth-order valence-electron chi connectivity index (χ4n) is 1.86. The van der Waals surface area contributed by atoms with Gasteiger partial charge in [-0.05, 0) is 25.1 Å². The Kier molecular flexibility index (Phi) is 3.72. The number of anilines is 1. The van der Waals surface area contributed by atoms with Crippen molar-refractivity contribution in [2.75, 3.05) is 5.32 Å². The summed E-state index contributed by atoms with van der Waals surface area (Å²) in [6, 6.07) is 8.97. The Hall–Kier alpha value is -2.18. The molecule has 1 amide bonds. The third kappa shape index (κ3) is 2.96. The number of thiazole rings is 1. The molecule has 0 aliphatic rings. The maximum Gasteiger partial charge on any atom is 0.276 e. The van der Waals surface area contributed by atoms with Gasteiger partial charge in [-0.3, -0.25) is 4.79 Å². The van der Waals surface area contributed by atoms with E-state index >= 15 is 0 Å². The van der Waals surface area contributed by atoms with Gasteiger partial charge in [-0.1, -0.05) is 17.7 Å². The summed E-state index contributed by atoms with van der Waals surface area (Å²) in [5.41, 5.74) is 1.17. The van der Waals surface area contributed by atoms with E-state index in [0.29, 0.717) is 16.5 Å². The van der Waals surface area contributed by atoms with Gasteiger partial charge in [0.25, 0.3) is 5.91 Å². The lowest BCUT2D eigenvalue weighted by Crippen LogP contribution is -2.15. The third-order valence-corrected chi connectivity index (χ3v) is 3.80. The molecule has 0 saturated heterocycles. The lowest BCUT2D eigenvalue weighted by atomic mass is 10.3. The van der Waals surface area contributed by atoms with Crippen LogP contribution in [0.4, 0.5) is 5.82 Å². The van der Waals surface area contributed by atoms with Crippen LogP contribution in [0.5, 0.6) is 0 Å². The number of hydrogen-bond acceptors (Lipinski definition) is 4. The molecule has 21 heavy (non-hydrogen) atoms. The maximum absolute atomic E-state index is 12.1. The quantitative estimate of drug-likeness (QED) is 0.803. The van der Waals surface area contributed by atoms with Crippen LogP contribution in [0.25, 0.3) is 5.69 Å². The molecule has 0 radical (unpaired) electrons. The van der Waals surface area contributed by atoms with Crippen LogP contribution >= 0.6 is 22.9 Å². The molecule has 0 atom stereocenters. The van der Waals surface area contributed by atoms with Crippen LogP contribution in [0, 0.1) is 6.92 Å². The molecule has 0 aliphatic heterocycles. The average Bonchev–Trinajstić information content (AvgIpc) is 3.08. The second-order valence-electron chi connectivity index (χ2n) is 4.31. The Labute approximate surface area is 130 Å². The first-order valence-electron chi connectivity index (χ1n) is 6.17. The number of rotatable bonds is 3. The fourth-order valence-corrected chi connectivity index (χ4v) is 2.64. The highest BCUT2D eigenvalue weighted by atomic mass is 35.5. The van der Waals surface area contributed by atoms with Gasteiger partial charge in [-0.15, -0.1) is 11.3 Å². The van der Waals surface area contributed by atoms with E-state index in [1.54, 1.807) is 34.5 Å². The second kappa shape index (κ2) is 5.67. The summed E-state index contributed by atoms with van der Waals surface area (Å²) in [6.45, 7) is 1.86. The van der Waals surface area contributed by atoms with E-state index in [0.717, 1.165) is 10.7 Å². The second-order valence-corrected chi connectivity index (χ2v) is 5.81. The summed E-state index contributed by atoms with van der Waals surface area (Å²) < 4.78 is 1.61. The lowest BCUT2D eigenvalue weighted by molar-refractivity contribution is 0.102. The zero-order valence-electron chi connectivity index (χ0n) is 11.1. The van der Waals surface area contributed by atoms with E-state index in [2.05, 4.69) is 15.4 Å². The number of carbonyl (C=O) groups excluding carboxylic acids is 1. The van der Waals surface area contributed by atoms with E-state index < -0.39 is 0 Å². The molecular weight excluding hydrogens is 308 g/mol. The summed E-state index contributed by atoms with van der Waals surface area (Å²) in [5, 5.41) is 10.2. The van der Waals surface area contributed by atoms with Gasteiger partial charge < -0.3 is 5.32 Å². The highest BCUT2D eigenvalue weighted by molar-refractivity contribution is 7.09. The van der Waals surface area contributed by atoms with Crippen LogP contribution in [0.3, 0.4) is 0 Å².